The zero-order valence-electron chi connectivity index (χ0n) is 15.8. The highest BCUT2D eigenvalue weighted by atomic mass is 16.2. The Morgan fingerprint density at radius 3 is 2.00 bits per heavy atom. The number of carbonyl (C=O) groups is 2. The summed E-state index contributed by atoms with van der Waals surface area (Å²) >= 11 is 0. The summed E-state index contributed by atoms with van der Waals surface area (Å²) in [6, 6.07) is 8.07. The zero-order chi connectivity index (χ0) is 18.4. The van der Waals surface area contributed by atoms with Crippen molar-refractivity contribution in [1.82, 2.24) is 9.80 Å². The molecule has 0 aliphatic carbocycles. The maximum Gasteiger partial charge on any atom is 0.230 e. The van der Waals surface area contributed by atoms with Crippen molar-refractivity contribution in [3.63, 3.8) is 0 Å². The molecule has 2 rings (SSSR count). The molecule has 2 N–H and O–H groups in total. The highest BCUT2D eigenvalue weighted by Crippen LogP contribution is 2.28. The first-order valence-electron chi connectivity index (χ1n) is 9.28. The Kier molecular flexibility index (Phi) is 6.59. The molecule has 1 heterocycles. The van der Waals surface area contributed by atoms with E-state index < -0.39 is 5.41 Å². The van der Waals surface area contributed by atoms with Crippen LogP contribution in [0.5, 0.6) is 0 Å². The standard InChI is InChI=1S/C20H31N3O2/c1-4-20(5-2,15-21)19(25)23-12-10-22(11-13-23)18(24)14-17-8-6-16(3)7-9-17/h6-9H,4-5,10-15,21H2,1-3H3. The highest BCUT2D eigenvalue weighted by molar-refractivity contribution is 5.84. The monoisotopic (exact) mass is 345 g/mol. The lowest BCUT2D eigenvalue weighted by molar-refractivity contribution is -0.147. The lowest BCUT2D eigenvalue weighted by Gasteiger charge is -2.40. The van der Waals surface area contributed by atoms with Gasteiger partial charge in [-0.25, -0.2) is 0 Å². The van der Waals surface area contributed by atoms with Crippen LogP contribution in [0, 0.1) is 12.3 Å². The Hall–Kier alpha value is -1.88. The van der Waals surface area contributed by atoms with Crippen molar-refractivity contribution in [2.75, 3.05) is 32.7 Å². The molecule has 138 valence electrons. The molecule has 0 atom stereocenters. The van der Waals surface area contributed by atoms with Crippen molar-refractivity contribution in [3.05, 3.63) is 35.4 Å². The minimum absolute atomic E-state index is 0.132. The summed E-state index contributed by atoms with van der Waals surface area (Å²) in [6.45, 7) is 8.86. The van der Waals surface area contributed by atoms with E-state index >= 15 is 0 Å². The molecule has 1 aliphatic heterocycles. The van der Waals surface area contributed by atoms with Gasteiger partial charge in [-0.15, -0.1) is 0 Å². The Labute approximate surface area is 151 Å². The van der Waals surface area contributed by atoms with Gasteiger partial charge in [0.15, 0.2) is 0 Å². The lowest BCUT2D eigenvalue weighted by atomic mass is 9.81. The molecule has 2 amide bonds. The van der Waals surface area contributed by atoms with Crippen molar-refractivity contribution in [3.8, 4) is 0 Å². The third kappa shape index (κ3) is 4.40. The van der Waals surface area contributed by atoms with Crippen LogP contribution in [0.25, 0.3) is 0 Å². The van der Waals surface area contributed by atoms with Gasteiger partial charge in [0.1, 0.15) is 0 Å². The van der Waals surface area contributed by atoms with Crippen LogP contribution in [0.2, 0.25) is 0 Å². The van der Waals surface area contributed by atoms with Crippen LogP contribution in [-0.2, 0) is 16.0 Å². The Bertz CT molecular complexity index is 577. The van der Waals surface area contributed by atoms with E-state index in [4.69, 9.17) is 5.73 Å². The summed E-state index contributed by atoms with van der Waals surface area (Å²) in [5, 5.41) is 0. The SMILES string of the molecule is CCC(CC)(CN)C(=O)N1CCN(C(=O)Cc2ccc(C)cc2)CC1. The molecule has 1 fully saturated rings. The van der Waals surface area contributed by atoms with Gasteiger partial charge >= 0.3 is 0 Å². The van der Waals surface area contributed by atoms with Crippen LogP contribution in [0.3, 0.4) is 0 Å². The molecule has 0 radical (unpaired) electrons. The summed E-state index contributed by atoms with van der Waals surface area (Å²) < 4.78 is 0. The third-order valence-electron chi connectivity index (χ3n) is 5.59. The molecule has 0 saturated carbocycles. The average molecular weight is 345 g/mol. The molecule has 0 spiro atoms. The Balaban J connectivity index is 1.91. The molecule has 5 heteroatoms. The van der Waals surface area contributed by atoms with E-state index in [0.29, 0.717) is 39.1 Å². The average Bonchev–Trinajstić information content (AvgIpc) is 2.65. The minimum atomic E-state index is -0.450. The predicted molar refractivity (Wildman–Crippen MR) is 100 cm³/mol. The second kappa shape index (κ2) is 8.48. The molecular formula is C20H31N3O2. The Morgan fingerprint density at radius 2 is 1.52 bits per heavy atom. The van der Waals surface area contributed by atoms with Crippen LogP contribution >= 0.6 is 0 Å². The van der Waals surface area contributed by atoms with Crippen LogP contribution in [0.15, 0.2) is 24.3 Å². The first-order chi connectivity index (χ1) is 12.0. The number of piperazine rings is 1. The first kappa shape index (κ1) is 19.4. The zero-order valence-corrected chi connectivity index (χ0v) is 15.8. The van der Waals surface area contributed by atoms with Crippen molar-refractivity contribution >= 4 is 11.8 Å². The predicted octanol–water partition coefficient (Wildman–Crippen LogP) is 1.97. The molecule has 0 unspecified atom stereocenters. The van der Waals surface area contributed by atoms with Gasteiger partial charge in [0.25, 0.3) is 0 Å². The van der Waals surface area contributed by atoms with Gasteiger partial charge in [-0.2, -0.15) is 0 Å². The smallest absolute Gasteiger partial charge is 0.230 e. The van der Waals surface area contributed by atoms with Crippen molar-refractivity contribution in [1.29, 1.82) is 0 Å². The van der Waals surface area contributed by atoms with Gasteiger partial charge in [-0.3, -0.25) is 9.59 Å². The minimum Gasteiger partial charge on any atom is -0.339 e. The summed E-state index contributed by atoms with van der Waals surface area (Å²) in [5.41, 5.74) is 7.67. The van der Waals surface area contributed by atoms with E-state index in [2.05, 4.69) is 0 Å². The second-order valence-corrected chi connectivity index (χ2v) is 7.03. The van der Waals surface area contributed by atoms with Crippen molar-refractivity contribution in [2.24, 2.45) is 11.1 Å². The highest BCUT2D eigenvalue weighted by Gasteiger charge is 2.38. The number of carbonyl (C=O) groups excluding carboxylic acids is 2. The number of hydrogen-bond acceptors (Lipinski definition) is 3. The lowest BCUT2D eigenvalue weighted by Crippen LogP contribution is -2.55. The van der Waals surface area contributed by atoms with Crippen LogP contribution in [0.4, 0.5) is 0 Å². The molecule has 0 aromatic heterocycles. The van der Waals surface area contributed by atoms with Gasteiger partial charge in [-0.05, 0) is 25.3 Å². The summed E-state index contributed by atoms with van der Waals surface area (Å²) in [6.07, 6.45) is 1.93. The molecular weight excluding hydrogens is 314 g/mol. The van der Waals surface area contributed by atoms with E-state index in [0.717, 1.165) is 18.4 Å². The van der Waals surface area contributed by atoms with Gasteiger partial charge in [0, 0.05) is 32.7 Å². The molecule has 1 aliphatic rings. The van der Waals surface area contributed by atoms with Gasteiger partial charge in [0.2, 0.25) is 11.8 Å². The molecule has 0 bridgehead atoms. The van der Waals surface area contributed by atoms with Crippen LogP contribution < -0.4 is 5.73 Å². The van der Waals surface area contributed by atoms with E-state index in [1.54, 1.807) is 0 Å². The van der Waals surface area contributed by atoms with Crippen LogP contribution in [-0.4, -0.2) is 54.3 Å². The van der Waals surface area contributed by atoms with E-state index in [9.17, 15) is 9.59 Å². The molecule has 5 nitrogen and oxygen atoms in total. The first-order valence-corrected chi connectivity index (χ1v) is 9.28. The summed E-state index contributed by atoms with van der Waals surface area (Å²) in [5.74, 6) is 0.276. The maximum atomic E-state index is 12.9. The van der Waals surface area contributed by atoms with E-state index in [1.807, 2.05) is 54.8 Å². The van der Waals surface area contributed by atoms with Gasteiger partial charge in [0.05, 0.1) is 11.8 Å². The topological polar surface area (TPSA) is 66.6 Å². The number of hydrogen-bond donors (Lipinski definition) is 1. The molecule has 1 aromatic carbocycles. The number of rotatable bonds is 6. The fourth-order valence-corrected chi connectivity index (χ4v) is 3.42. The third-order valence-corrected chi connectivity index (χ3v) is 5.59. The number of benzene rings is 1. The quantitative estimate of drug-likeness (QED) is 0.857. The van der Waals surface area contributed by atoms with Gasteiger partial charge < -0.3 is 15.5 Å². The van der Waals surface area contributed by atoms with Crippen molar-refractivity contribution in [2.45, 2.75) is 40.0 Å². The van der Waals surface area contributed by atoms with E-state index in [-0.39, 0.29) is 11.8 Å². The fourth-order valence-electron chi connectivity index (χ4n) is 3.42. The fraction of sp³-hybridized carbons (Fsp3) is 0.600. The molecule has 25 heavy (non-hydrogen) atoms. The van der Waals surface area contributed by atoms with E-state index in [1.165, 1.54) is 5.56 Å². The van der Waals surface area contributed by atoms with Crippen molar-refractivity contribution < 1.29 is 9.59 Å². The Morgan fingerprint density at radius 1 is 1.00 bits per heavy atom. The number of aryl methyl sites for hydroxylation is 1. The number of nitrogens with two attached hydrogens (primary N) is 1. The van der Waals surface area contributed by atoms with Crippen LogP contribution in [0.1, 0.15) is 37.8 Å². The normalized spacial score (nSPS) is 15.4. The summed E-state index contributed by atoms with van der Waals surface area (Å²) in [7, 11) is 0. The second-order valence-electron chi connectivity index (χ2n) is 7.03. The molecule has 1 aromatic rings. The largest absolute Gasteiger partial charge is 0.339 e. The number of amides is 2. The van der Waals surface area contributed by atoms with Gasteiger partial charge in [-0.1, -0.05) is 43.7 Å². The maximum absolute atomic E-state index is 12.9. The summed E-state index contributed by atoms with van der Waals surface area (Å²) in [4.78, 5) is 29.1. The molecule has 1 saturated heterocycles. The number of nitrogens with zero attached hydrogens (tertiary/aromatic N) is 2.